The standard InChI is InChI=1S/C16H18ClN3O2/c1-16(2,18)13-6-20-15(22-8-10-3-9(10)7-21)12-5-19-14(17)4-11(12)13/h4-7,9-10H,3,8,18H2,1-2H3. The molecule has 2 N–H and O–H groups in total. The monoisotopic (exact) mass is 319 g/mol. The first-order chi connectivity index (χ1) is 10.4. The number of hydrogen-bond donors (Lipinski definition) is 1. The number of carbonyl (C=O) groups is 1. The molecule has 0 spiro atoms. The fraction of sp³-hybridized carbons (Fsp3) is 0.438. The van der Waals surface area contributed by atoms with Gasteiger partial charge in [-0.25, -0.2) is 9.97 Å². The zero-order valence-electron chi connectivity index (χ0n) is 12.5. The Hall–Kier alpha value is -1.72. The van der Waals surface area contributed by atoms with Gasteiger partial charge >= 0.3 is 0 Å². The first-order valence-electron chi connectivity index (χ1n) is 7.22. The Morgan fingerprint density at radius 3 is 2.82 bits per heavy atom. The van der Waals surface area contributed by atoms with E-state index >= 15 is 0 Å². The average molecular weight is 320 g/mol. The number of aldehydes is 1. The van der Waals surface area contributed by atoms with Gasteiger partial charge in [0.05, 0.1) is 12.0 Å². The van der Waals surface area contributed by atoms with E-state index in [0.717, 1.165) is 29.0 Å². The highest BCUT2D eigenvalue weighted by molar-refractivity contribution is 6.30. The number of carbonyl (C=O) groups excluding carboxylic acids is 1. The van der Waals surface area contributed by atoms with E-state index < -0.39 is 5.54 Å². The van der Waals surface area contributed by atoms with Crippen LogP contribution < -0.4 is 10.5 Å². The zero-order valence-corrected chi connectivity index (χ0v) is 13.3. The van der Waals surface area contributed by atoms with Crippen LogP contribution in [0.2, 0.25) is 5.15 Å². The Balaban J connectivity index is 1.96. The molecule has 2 atom stereocenters. The van der Waals surface area contributed by atoms with Crippen LogP contribution in [-0.4, -0.2) is 22.9 Å². The van der Waals surface area contributed by atoms with E-state index in [-0.39, 0.29) is 5.92 Å². The van der Waals surface area contributed by atoms with Crippen molar-refractivity contribution in [2.45, 2.75) is 25.8 Å². The van der Waals surface area contributed by atoms with Gasteiger partial charge in [-0.1, -0.05) is 11.6 Å². The summed E-state index contributed by atoms with van der Waals surface area (Å²) in [5, 5.41) is 2.07. The molecule has 0 bridgehead atoms. The van der Waals surface area contributed by atoms with Crippen LogP contribution in [0.1, 0.15) is 25.8 Å². The quantitative estimate of drug-likeness (QED) is 0.677. The summed E-state index contributed by atoms with van der Waals surface area (Å²) in [5.74, 6) is 0.921. The maximum atomic E-state index is 10.7. The van der Waals surface area contributed by atoms with Crippen LogP contribution in [-0.2, 0) is 10.3 Å². The number of hydrogen-bond acceptors (Lipinski definition) is 5. The number of pyridine rings is 2. The Morgan fingerprint density at radius 2 is 2.18 bits per heavy atom. The largest absolute Gasteiger partial charge is 0.477 e. The van der Waals surface area contributed by atoms with Gasteiger partial charge in [0.2, 0.25) is 5.88 Å². The summed E-state index contributed by atoms with van der Waals surface area (Å²) >= 11 is 6.02. The summed E-state index contributed by atoms with van der Waals surface area (Å²) in [6.07, 6.45) is 5.25. The Kier molecular flexibility index (Phi) is 3.78. The van der Waals surface area contributed by atoms with Crippen molar-refractivity contribution in [1.82, 2.24) is 9.97 Å². The van der Waals surface area contributed by atoms with Gasteiger partial charge in [-0.2, -0.15) is 0 Å². The van der Waals surface area contributed by atoms with Crippen LogP contribution in [0.5, 0.6) is 5.88 Å². The molecule has 0 saturated heterocycles. The number of nitrogens with zero attached hydrogens (tertiary/aromatic N) is 2. The van der Waals surface area contributed by atoms with Crippen LogP contribution in [0.3, 0.4) is 0 Å². The molecule has 0 amide bonds. The summed E-state index contributed by atoms with van der Waals surface area (Å²) in [6.45, 7) is 4.31. The van der Waals surface area contributed by atoms with Crippen LogP contribution in [0.4, 0.5) is 0 Å². The van der Waals surface area contributed by atoms with Crippen molar-refractivity contribution in [3.8, 4) is 5.88 Å². The van der Waals surface area contributed by atoms with E-state index in [2.05, 4.69) is 9.97 Å². The topological polar surface area (TPSA) is 78.1 Å². The molecule has 1 fully saturated rings. The van der Waals surface area contributed by atoms with Crippen molar-refractivity contribution >= 4 is 28.7 Å². The van der Waals surface area contributed by atoms with Crippen LogP contribution in [0, 0.1) is 11.8 Å². The van der Waals surface area contributed by atoms with Gasteiger partial charge in [-0.05, 0) is 37.3 Å². The lowest BCUT2D eigenvalue weighted by atomic mass is 9.93. The van der Waals surface area contributed by atoms with Gasteiger partial charge in [0.25, 0.3) is 0 Å². The van der Waals surface area contributed by atoms with E-state index in [1.165, 1.54) is 0 Å². The highest BCUT2D eigenvalue weighted by atomic mass is 35.5. The lowest BCUT2D eigenvalue weighted by molar-refractivity contribution is -0.109. The number of fused-ring (bicyclic) bond motifs is 1. The van der Waals surface area contributed by atoms with Crippen molar-refractivity contribution < 1.29 is 9.53 Å². The summed E-state index contributed by atoms with van der Waals surface area (Å²) < 4.78 is 5.79. The average Bonchev–Trinajstić information content (AvgIpc) is 3.21. The van der Waals surface area contributed by atoms with E-state index in [1.54, 1.807) is 18.5 Å². The second-order valence-corrected chi connectivity index (χ2v) is 6.75. The summed E-state index contributed by atoms with van der Waals surface area (Å²) in [7, 11) is 0. The minimum atomic E-state index is -0.548. The molecule has 0 aliphatic heterocycles. The van der Waals surface area contributed by atoms with Gasteiger partial charge in [-0.15, -0.1) is 0 Å². The molecular weight excluding hydrogens is 302 g/mol. The van der Waals surface area contributed by atoms with E-state index in [4.69, 9.17) is 22.1 Å². The fourth-order valence-electron chi connectivity index (χ4n) is 2.53. The Morgan fingerprint density at radius 1 is 1.41 bits per heavy atom. The van der Waals surface area contributed by atoms with Gasteiger partial charge < -0.3 is 15.3 Å². The molecule has 1 aliphatic rings. The SMILES string of the molecule is CC(C)(N)c1cnc(OCC2CC2C=O)c2cnc(Cl)cc12. The van der Waals surface area contributed by atoms with Crippen molar-refractivity contribution in [1.29, 1.82) is 0 Å². The first kappa shape index (κ1) is 15.2. The number of ether oxygens (including phenoxy) is 1. The van der Waals surface area contributed by atoms with Crippen LogP contribution in [0.15, 0.2) is 18.5 Å². The number of rotatable bonds is 5. The second-order valence-electron chi connectivity index (χ2n) is 6.36. The molecule has 2 aromatic heterocycles. The molecule has 5 nitrogen and oxygen atoms in total. The normalized spacial score (nSPS) is 20.9. The fourth-order valence-corrected chi connectivity index (χ4v) is 2.69. The molecule has 116 valence electrons. The van der Waals surface area contributed by atoms with Crippen molar-refractivity contribution in [3.05, 3.63) is 29.2 Å². The zero-order chi connectivity index (χ0) is 15.9. The predicted octanol–water partition coefficient (Wildman–Crippen LogP) is 2.69. The maximum absolute atomic E-state index is 10.7. The lowest BCUT2D eigenvalue weighted by Crippen LogP contribution is -2.29. The molecule has 22 heavy (non-hydrogen) atoms. The maximum Gasteiger partial charge on any atom is 0.222 e. The van der Waals surface area contributed by atoms with Gasteiger partial charge in [0.1, 0.15) is 11.4 Å². The smallest absolute Gasteiger partial charge is 0.222 e. The van der Waals surface area contributed by atoms with Crippen molar-refractivity contribution in [3.63, 3.8) is 0 Å². The minimum Gasteiger partial charge on any atom is -0.477 e. The Bertz CT molecular complexity index is 727. The van der Waals surface area contributed by atoms with Crippen molar-refractivity contribution in [2.24, 2.45) is 17.6 Å². The summed E-state index contributed by atoms with van der Waals surface area (Å²) in [4.78, 5) is 19.2. The van der Waals surface area contributed by atoms with Crippen LogP contribution in [0.25, 0.3) is 10.8 Å². The summed E-state index contributed by atoms with van der Waals surface area (Å²) in [5.41, 5.74) is 6.55. The number of halogens is 1. The molecule has 2 unspecified atom stereocenters. The third kappa shape index (κ3) is 2.91. The molecule has 1 saturated carbocycles. The van der Waals surface area contributed by atoms with E-state index in [0.29, 0.717) is 23.6 Å². The highest BCUT2D eigenvalue weighted by Crippen LogP contribution is 2.38. The highest BCUT2D eigenvalue weighted by Gasteiger charge is 2.37. The van der Waals surface area contributed by atoms with Gasteiger partial charge in [0, 0.05) is 29.8 Å². The molecule has 0 radical (unpaired) electrons. The molecule has 0 aromatic carbocycles. The molecule has 2 heterocycles. The molecule has 1 aliphatic carbocycles. The first-order valence-corrected chi connectivity index (χ1v) is 7.59. The number of nitrogens with two attached hydrogens (primary N) is 1. The minimum absolute atomic E-state index is 0.126. The van der Waals surface area contributed by atoms with E-state index in [1.807, 2.05) is 13.8 Å². The number of aromatic nitrogens is 2. The molecule has 2 aromatic rings. The Labute approximate surface area is 133 Å². The lowest BCUT2D eigenvalue weighted by Gasteiger charge is -2.21. The molecular formula is C16H18ClN3O2. The third-order valence-corrected chi connectivity index (χ3v) is 4.19. The van der Waals surface area contributed by atoms with Crippen molar-refractivity contribution in [2.75, 3.05) is 6.61 Å². The van der Waals surface area contributed by atoms with Crippen LogP contribution >= 0.6 is 11.6 Å². The van der Waals surface area contributed by atoms with Gasteiger partial charge in [-0.3, -0.25) is 0 Å². The summed E-state index contributed by atoms with van der Waals surface area (Å²) in [6, 6.07) is 1.78. The van der Waals surface area contributed by atoms with E-state index in [9.17, 15) is 4.79 Å². The van der Waals surface area contributed by atoms with Gasteiger partial charge in [0.15, 0.2) is 0 Å². The molecule has 3 rings (SSSR count). The molecule has 6 heteroatoms. The second kappa shape index (κ2) is 5.48. The predicted molar refractivity (Wildman–Crippen MR) is 84.9 cm³/mol. The third-order valence-electron chi connectivity index (χ3n) is 3.98.